The Hall–Kier alpha value is -2.04. The fourth-order valence-corrected chi connectivity index (χ4v) is 7.94. The largest absolute Gasteiger partial charge is 0.458 e. The molecule has 11 unspecified atom stereocenters. The second kappa shape index (κ2) is 7.24. The monoisotopic (exact) mass is 476 g/mol. The molecule has 5 rings (SSSR count). The summed E-state index contributed by atoms with van der Waals surface area (Å²) in [7, 11) is 0. The van der Waals surface area contributed by atoms with Crippen LogP contribution in [0.5, 0.6) is 0 Å². The molecule has 0 aromatic heterocycles. The smallest absolute Gasteiger partial charge is 0.331 e. The van der Waals surface area contributed by atoms with Crippen LogP contribution < -0.4 is 0 Å². The topological polar surface area (TPSA) is 143 Å². The first kappa shape index (κ1) is 23.7. The van der Waals surface area contributed by atoms with E-state index in [2.05, 4.69) is 6.58 Å². The van der Waals surface area contributed by atoms with E-state index in [9.17, 15) is 30.0 Å². The first-order valence-corrected chi connectivity index (χ1v) is 11.6. The predicted octanol–water partition coefficient (Wildman–Crippen LogP) is 0.366. The van der Waals surface area contributed by atoms with Crippen molar-refractivity contribution in [3.05, 3.63) is 35.5 Å². The lowest BCUT2D eigenvalue weighted by Crippen LogP contribution is -2.78. The number of fused-ring (bicyclic) bond motifs is 1. The van der Waals surface area contributed by atoms with Crippen molar-refractivity contribution in [2.45, 2.75) is 70.4 Å². The van der Waals surface area contributed by atoms with Gasteiger partial charge in [-0.25, -0.2) is 4.79 Å². The Labute approximate surface area is 197 Å². The van der Waals surface area contributed by atoms with E-state index < -0.39 is 76.8 Å². The van der Waals surface area contributed by atoms with Crippen LogP contribution in [0.4, 0.5) is 0 Å². The second-order valence-electron chi connectivity index (χ2n) is 11.0. The van der Waals surface area contributed by atoms with Crippen molar-refractivity contribution in [2.75, 3.05) is 6.61 Å². The lowest BCUT2D eigenvalue weighted by atomic mass is 9.38. The molecule has 2 heterocycles. The highest BCUT2D eigenvalue weighted by Crippen LogP contribution is 2.73. The first-order chi connectivity index (χ1) is 15.8. The number of hydrogen-bond donors (Lipinski definition) is 4. The van der Waals surface area contributed by atoms with Gasteiger partial charge in [0.2, 0.25) is 0 Å². The maximum atomic E-state index is 12.8. The Morgan fingerprint density at radius 1 is 1.29 bits per heavy atom. The number of hydrogen-bond acceptors (Lipinski definition) is 9. The molecule has 0 aromatic rings. The van der Waals surface area contributed by atoms with E-state index in [-0.39, 0.29) is 18.6 Å². The molecule has 11 atom stereocenters. The standard InChI is InChI=1S/C25H32O9/c1-10(2)6-15(27)33-18-17-11(3)7-14(26)20(30)23(17,5)22-24-9-32-25(22,31)19(29)12(4)13(24)8-16(28)34-21(18)24/h6-7,13-14,17-22,26,29-31H,4,8-9H2,1-3,5H3. The zero-order valence-electron chi connectivity index (χ0n) is 19.7. The summed E-state index contributed by atoms with van der Waals surface area (Å²) < 4.78 is 17.7. The third kappa shape index (κ3) is 2.67. The van der Waals surface area contributed by atoms with Gasteiger partial charge in [-0.2, -0.15) is 0 Å². The molecule has 3 aliphatic carbocycles. The molecule has 2 aliphatic heterocycles. The summed E-state index contributed by atoms with van der Waals surface area (Å²) in [6.45, 7) is 10.8. The summed E-state index contributed by atoms with van der Waals surface area (Å²) >= 11 is 0. The molecular formula is C25H32O9. The highest BCUT2D eigenvalue weighted by Gasteiger charge is 2.83. The van der Waals surface area contributed by atoms with Gasteiger partial charge in [-0.05, 0) is 26.3 Å². The molecule has 4 fully saturated rings. The maximum absolute atomic E-state index is 12.8. The van der Waals surface area contributed by atoms with Crippen molar-refractivity contribution in [2.24, 2.45) is 28.6 Å². The molecule has 186 valence electrons. The summed E-state index contributed by atoms with van der Waals surface area (Å²) in [6, 6.07) is 0. The summed E-state index contributed by atoms with van der Waals surface area (Å²) in [5, 5.41) is 45.0. The quantitative estimate of drug-likeness (QED) is 0.252. The number of aliphatic hydroxyl groups is 4. The molecule has 1 spiro atoms. The average Bonchev–Trinajstić information content (AvgIpc) is 3.02. The Balaban J connectivity index is 1.78. The third-order valence-corrected chi connectivity index (χ3v) is 8.97. The fourth-order valence-electron chi connectivity index (χ4n) is 7.94. The molecule has 5 aliphatic rings. The predicted molar refractivity (Wildman–Crippen MR) is 117 cm³/mol. The lowest BCUT2D eigenvalue weighted by molar-refractivity contribution is -0.326. The van der Waals surface area contributed by atoms with Crippen LogP contribution in [0.1, 0.15) is 34.1 Å². The SMILES string of the molecule is C=C1C(O)C2(O)OCC34C1CC(=O)OC3C(OC(=O)C=C(C)C)C1C(C)=CC(O)C(O)C1(C)C24. The molecule has 2 saturated heterocycles. The Kier molecular flexibility index (Phi) is 5.04. The van der Waals surface area contributed by atoms with E-state index in [1.807, 2.05) is 0 Å². The van der Waals surface area contributed by atoms with Crippen LogP contribution in [0, 0.1) is 28.6 Å². The van der Waals surface area contributed by atoms with Gasteiger partial charge in [0.25, 0.3) is 0 Å². The first-order valence-electron chi connectivity index (χ1n) is 11.6. The molecule has 9 heteroatoms. The highest BCUT2D eigenvalue weighted by molar-refractivity contribution is 5.83. The van der Waals surface area contributed by atoms with Crippen molar-refractivity contribution >= 4 is 11.9 Å². The van der Waals surface area contributed by atoms with Crippen LogP contribution in [0.2, 0.25) is 0 Å². The Morgan fingerprint density at radius 3 is 2.62 bits per heavy atom. The van der Waals surface area contributed by atoms with Crippen LogP contribution >= 0.6 is 0 Å². The van der Waals surface area contributed by atoms with Crippen LogP contribution in [0.15, 0.2) is 35.5 Å². The van der Waals surface area contributed by atoms with Gasteiger partial charge in [-0.1, -0.05) is 30.7 Å². The number of carbonyl (C=O) groups is 2. The lowest BCUT2D eigenvalue weighted by Gasteiger charge is -2.68. The Bertz CT molecular complexity index is 1030. The number of aliphatic hydroxyl groups excluding tert-OH is 3. The van der Waals surface area contributed by atoms with Crippen molar-refractivity contribution < 1.29 is 44.2 Å². The minimum Gasteiger partial charge on any atom is -0.458 e. The van der Waals surface area contributed by atoms with E-state index in [0.717, 1.165) is 5.57 Å². The zero-order valence-corrected chi connectivity index (χ0v) is 19.7. The number of carbonyl (C=O) groups excluding carboxylic acids is 2. The number of esters is 2. The van der Waals surface area contributed by atoms with Crippen molar-refractivity contribution in [3.63, 3.8) is 0 Å². The van der Waals surface area contributed by atoms with Crippen LogP contribution in [0.25, 0.3) is 0 Å². The normalized spacial score (nSPS) is 51.0. The van der Waals surface area contributed by atoms with Gasteiger partial charge in [0.15, 0.2) is 5.79 Å². The number of ether oxygens (including phenoxy) is 3. The van der Waals surface area contributed by atoms with Gasteiger partial charge < -0.3 is 34.6 Å². The molecule has 2 saturated carbocycles. The third-order valence-electron chi connectivity index (χ3n) is 8.97. The van der Waals surface area contributed by atoms with Crippen LogP contribution in [0.3, 0.4) is 0 Å². The average molecular weight is 477 g/mol. The number of rotatable bonds is 2. The maximum Gasteiger partial charge on any atom is 0.331 e. The van der Waals surface area contributed by atoms with Gasteiger partial charge in [-0.15, -0.1) is 0 Å². The molecular weight excluding hydrogens is 444 g/mol. The molecule has 0 aromatic carbocycles. The zero-order chi connectivity index (χ0) is 25.0. The van der Waals surface area contributed by atoms with E-state index >= 15 is 0 Å². The van der Waals surface area contributed by atoms with Crippen LogP contribution in [-0.4, -0.2) is 75.3 Å². The molecule has 4 N–H and O–H groups in total. The molecule has 0 amide bonds. The summed E-state index contributed by atoms with van der Waals surface area (Å²) in [5.41, 5.74) is -0.854. The summed E-state index contributed by atoms with van der Waals surface area (Å²) in [4.78, 5) is 25.6. The van der Waals surface area contributed by atoms with Crippen LogP contribution in [-0.2, 0) is 23.8 Å². The van der Waals surface area contributed by atoms with E-state index in [0.29, 0.717) is 5.57 Å². The minimum absolute atomic E-state index is 0.0921. The molecule has 9 nitrogen and oxygen atoms in total. The summed E-state index contributed by atoms with van der Waals surface area (Å²) in [5.74, 6) is -5.61. The van der Waals surface area contributed by atoms with Crippen molar-refractivity contribution in [3.8, 4) is 0 Å². The minimum atomic E-state index is -2.13. The fraction of sp³-hybridized carbons (Fsp3) is 0.680. The van der Waals surface area contributed by atoms with Gasteiger partial charge in [0, 0.05) is 29.2 Å². The van der Waals surface area contributed by atoms with Gasteiger partial charge >= 0.3 is 11.9 Å². The number of allylic oxidation sites excluding steroid dienone is 1. The summed E-state index contributed by atoms with van der Waals surface area (Å²) in [6.07, 6.45) is -3.44. The highest BCUT2D eigenvalue weighted by atomic mass is 16.7. The van der Waals surface area contributed by atoms with E-state index in [4.69, 9.17) is 14.2 Å². The van der Waals surface area contributed by atoms with Gasteiger partial charge in [0.05, 0.1) is 30.7 Å². The van der Waals surface area contributed by atoms with Crippen molar-refractivity contribution in [1.29, 1.82) is 0 Å². The Morgan fingerprint density at radius 2 is 1.97 bits per heavy atom. The molecule has 0 radical (unpaired) electrons. The molecule has 2 bridgehead atoms. The van der Waals surface area contributed by atoms with E-state index in [1.54, 1.807) is 27.7 Å². The van der Waals surface area contributed by atoms with Gasteiger partial charge in [-0.3, -0.25) is 4.79 Å². The van der Waals surface area contributed by atoms with E-state index in [1.165, 1.54) is 12.2 Å². The van der Waals surface area contributed by atoms with Gasteiger partial charge in [0.1, 0.15) is 18.3 Å². The molecule has 34 heavy (non-hydrogen) atoms. The second-order valence-corrected chi connectivity index (χ2v) is 11.0. The van der Waals surface area contributed by atoms with Crippen molar-refractivity contribution in [1.82, 2.24) is 0 Å².